The molecule has 0 saturated heterocycles. The highest BCUT2D eigenvalue weighted by molar-refractivity contribution is 14.0. The monoisotopic (exact) mass is 529 g/mol. The van der Waals surface area contributed by atoms with Crippen LogP contribution in [0.4, 0.5) is 18.9 Å². The van der Waals surface area contributed by atoms with Gasteiger partial charge in [0.15, 0.2) is 21.5 Å². The molecule has 0 amide bonds. The minimum atomic E-state index is -4.83. The van der Waals surface area contributed by atoms with Crippen LogP contribution >= 0.6 is 24.0 Å². The van der Waals surface area contributed by atoms with E-state index in [2.05, 4.69) is 15.0 Å². The summed E-state index contributed by atoms with van der Waals surface area (Å²) in [4.78, 5) is 4.28. The van der Waals surface area contributed by atoms with E-state index in [9.17, 15) is 21.6 Å². The van der Waals surface area contributed by atoms with Gasteiger partial charge in [0.05, 0.1) is 17.1 Å². The summed E-state index contributed by atoms with van der Waals surface area (Å²) < 4.78 is 64.4. The van der Waals surface area contributed by atoms with E-state index in [4.69, 9.17) is 5.73 Å². The SMILES string of the molecule is Cc1cc(CN=C(N)Nc2ccccc2OC(F)(F)F)ccc1S(C)(=O)=O.I. The number of guanidine groups is 1. The number of benzene rings is 2. The average Bonchev–Trinajstić information content (AvgIpc) is 2.52. The van der Waals surface area contributed by atoms with Crippen molar-refractivity contribution in [3.63, 3.8) is 0 Å². The predicted octanol–water partition coefficient (Wildman–Crippen LogP) is 3.84. The third-order valence-electron chi connectivity index (χ3n) is 3.45. The minimum Gasteiger partial charge on any atom is -0.404 e. The number of para-hydroxylation sites is 2. The number of aryl methyl sites for hydroxylation is 1. The van der Waals surface area contributed by atoms with Gasteiger partial charge in [-0.25, -0.2) is 13.4 Å². The summed E-state index contributed by atoms with van der Waals surface area (Å²) in [7, 11) is -3.32. The molecular formula is C17H19F3IN3O3S. The highest BCUT2D eigenvalue weighted by atomic mass is 127. The molecule has 0 fully saturated rings. The van der Waals surface area contributed by atoms with Crippen LogP contribution in [0.15, 0.2) is 52.4 Å². The minimum absolute atomic E-state index is 0. The van der Waals surface area contributed by atoms with Crippen molar-refractivity contribution in [1.82, 2.24) is 0 Å². The molecule has 0 radical (unpaired) electrons. The molecule has 28 heavy (non-hydrogen) atoms. The molecule has 0 unspecified atom stereocenters. The van der Waals surface area contributed by atoms with E-state index in [1.165, 1.54) is 24.3 Å². The summed E-state index contributed by atoms with van der Waals surface area (Å²) in [5.41, 5.74) is 7.01. The molecule has 0 saturated carbocycles. The van der Waals surface area contributed by atoms with Gasteiger partial charge in [-0.15, -0.1) is 37.1 Å². The number of sulfone groups is 1. The number of halogens is 4. The Hall–Kier alpha value is -2.02. The molecule has 0 aromatic heterocycles. The number of alkyl halides is 3. The third kappa shape index (κ3) is 7.19. The van der Waals surface area contributed by atoms with Gasteiger partial charge in [-0.1, -0.05) is 24.3 Å². The number of rotatable bonds is 5. The Morgan fingerprint density at radius 1 is 1.21 bits per heavy atom. The van der Waals surface area contributed by atoms with Crippen LogP contribution in [0.5, 0.6) is 5.75 Å². The van der Waals surface area contributed by atoms with E-state index in [0.29, 0.717) is 11.1 Å². The third-order valence-corrected chi connectivity index (χ3v) is 4.70. The van der Waals surface area contributed by atoms with Gasteiger partial charge in [0.2, 0.25) is 0 Å². The summed E-state index contributed by atoms with van der Waals surface area (Å²) in [5, 5.41) is 2.56. The fourth-order valence-corrected chi connectivity index (χ4v) is 3.32. The first-order chi connectivity index (χ1) is 12.5. The average molecular weight is 529 g/mol. The van der Waals surface area contributed by atoms with Gasteiger partial charge >= 0.3 is 6.36 Å². The van der Waals surface area contributed by atoms with Gasteiger partial charge < -0.3 is 15.8 Å². The number of aliphatic imine (C=N–C) groups is 1. The van der Waals surface area contributed by atoms with Crippen LogP contribution in [0.3, 0.4) is 0 Å². The second-order valence-electron chi connectivity index (χ2n) is 5.74. The summed E-state index contributed by atoms with van der Waals surface area (Å²) in [6.07, 6.45) is -3.71. The second-order valence-corrected chi connectivity index (χ2v) is 7.73. The normalized spacial score (nSPS) is 12.2. The van der Waals surface area contributed by atoms with Crippen LogP contribution in [-0.4, -0.2) is 27.0 Å². The van der Waals surface area contributed by atoms with Crippen LogP contribution in [-0.2, 0) is 16.4 Å². The molecule has 0 spiro atoms. The molecule has 0 bridgehead atoms. The molecule has 0 aliphatic heterocycles. The molecule has 3 N–H and O–H groups in total. The molecular weight excluding hydrogens is 510 g/mol. The lowest BCUT2D eigenvalue weighted by molar-refractivity contribution is -0.274. The Morgan fingerprint density at radius 2 is 1.86 bits per heavy atom. The Balaban J connectivity index is 0.00000392. The first kappa shape index (κ1) is 24.0. The number of nitrogens with two attached hydrogens (primary N) is 1. The second kappa shape index (κ2) is 9.45. The maximum absolute atomic E-state index is 12.4. The summed E-state index contributed by atoms with van der Waals surface area (Å²) in [6.45, 7) is 1.78. The van der Waals surface area contributed by atoms with E-state index in [0.717, 1.165) is 12.3 Å². The molecule has 2 aromatic rings. The van der Waals surface area contributed by atoms with Gasteiger partial charge in [0.25, 0.3) is 0 Å². The number of anilines is 1. The standard InChI is InChI=1S/C17H18F3N3O3S.HI/c1-11-9-12(7-8-15(11)27(2,24)25)10-22-16(21)23-13-5-3-4-6-14(13)26-17(18,19)20;/h3-9H,10H2,1-2H3,(H3,21,22,23);1H. The predicted molar refractivity (Wildman–Crippen MR) is 112 cm³/mol. The van der Waals surface area contributed by atoms with Gasteiger partial charge in [-0.05, 0) is 36.2 Å². The fourth-order valence-electron chi connectivity index (χ4n) is 2.36. The van der Waals surface area contributed by atoms with Gasteiger partial charge in [-0.3, -0.25) is 0 Å². The van der Waals surface area contributed by atoms with Crippen LogP contribution in [0, 0.1) is 6.92 Å². The molecule has 0 atom stereocenters. The first-order valence-corrected chi connectivity index (χ1v) is 9.56. The Kier molecular flexibility index (Phi) is 8.11. The molecule has 154 valence electrons. The summed E-state index contributed by atoms with van der Waals surface area (Å²) >= 11 is 0. The lowest BCUT2D eigenvalue weighted by Gasteiger charge is -2.14. The number of nitrogens with zero attached hydrogens (tertiary/aromatic N) is 1. The maximum Gasteiger partial charge on any atom is 0.573 e. The first-order valence-electron chi connectivity index (χ1n) is 7.67. The van der Waals surface area contributed by atoms with E-state index in [-0.39, 0.29) is 47.1 Å². The van der Waals surface area contributed by atoms with Crippen molar-refractivity contribution in [1.29, 1.82) is 0 Å². The van der Waals surface area contributed by atoms with Gasteiger partial charge in [0.1, 0.15) is 0 Å². The Morgan fingerprint density at radius 3 is 2.43 bits per heavy atom. The lowest BCUT2D eigenvalue weighted by atomic mass is 10.1. The molecule has 6 nitrogen and oxygen atoms in total. The van der Waals surface area contributed by atoms with Crippen molar-refractivity contribution >= 4 is 45.5 Å². The number of hydrogen-bond donors (Lipinski definition) is 2. The van der Waals surface area contributed by atoms with Gasteiger partial charge in [-0.2, -0.15) is 0 Å². The van der Waals surface area contributed by atoms with Crippen molar-refractivity contribution in [3.8, 4) is 5.75 Å². The van der Waals surface area contributed by atoms with Crippen molar-refractivity contribution < 1.29 is 26.3 Å². The highest BCUT2D eigenvalue weighted by Crippen LogP contribution is 2.29. The molecule has 2 aromatic carbocycles. The van der Waals surface area contributed by atoms with Crippen molar-refractivity contribution in [2.75, 3.05) is 11.6 Å². The number of nitrogens with one attached hydrogen (secondary N) is 1. The quantitative estimate of drug-likeness (QED) is 0.349. The van der Waals surface area contributed by atoms with Crippen LogP contribution in [0.1, 0.15) is 11.1 Å². The zero-order chi connectivity index (χ0) is 20.2. The molecule has 2 rings (SSSR count). The van der Waals surface area contributed by atoms with Crippen molar-refractivity contribution in [3.05, 3.63) is 53.6 Å². The van der Waals surface area contributed by atoms with Crippen LogP contribution in [0.2, 0.25) is 0 Å². The molecule has 0 aliphatic carbocycles. The van der Waals surface area contributed by atoms with E-state index < -0.39 is 21.9 Å². The summed E-state index contributed by atoms with van der Waals surface area (Å²) in [6, 6.07) is 10.2. The number of ether oxygens (including phenoxy) is 1. The highest BCUT2D eigenvalue weighted by Gasteiger charge is 2.32. The van der Waals surface area contributed by atoms with Crippen molar-refractivity contribution in [2.45, 2.75) is 24.7 Å². The smallest absolute Gasteiger partial charge is 0.404 e. The Labute approximate surface area is 177 Å². The zero-order valence-corrected chi connectivity index (χ0v) is 18.1. The largest absolute Gasteiger partial charge is 0.573 e. The Bertz CT molecular complexity index is 964. The zero-order valence-electron chi connectivity index (χ0n) is 14.9. The molecule has 0 aliphatic rings. The number of hydrogen-bond acceptors (Lipinski definition) is 4. The van der Waals surface area contributed by atoms with E-state index in [1.807, 2.05) is 0 Å². The molecule has 0 heterocycles. The van der Waals surface area contributed by atoms with Crippen molar-refractivity contribution in [2.24, 2.45) is 10.7 Å². The van der Waals surface area contributed by atoms with Crippen LogP contribution < -0.4 is 15.8 Å². The lowest BCUT2D eigenvalue weighted by Crippen LogP contribution is -2.24. The maximum atomic E-state index is 12.4. The molecule has 11 heteroatoms. The van der Waals surface area contributed by atoms with Crippen LogP contribution in [0.25, 0.3) is 0 Å². The van der Waals surface area contributed by atoms with Gasteiger partial charge in [0, 0.05) is 6.26 Å². The summed E-state index contributed by atoms with van der Waals surface area (Å²) in [5.74, 6) is -0.547. The van der Waals surface area contributed by atoms with E-state index >= 15 is 0 Å². The fraction of sp³-hybridized carbons (Fsp3) is 0.235. The van der Waals surface area contributed by atoms with E-state index in [1.54, 1.807) is 19.1 Å². The topological polar surface area (TPSA) is 93.8 Å².